The quantitative estimate of drug-likeness (QED) is 0.325. The normalized spacial score (nSPS) is 44.5. The molecule has 4 fully saturated rings. The maximum Gasteiger partial charge on any atom is 0.397 e. The van der Waals surface area contributed by atoms with Crippen molar-refractivity contribution in [2.24, 2.45) is 52.3 Å². The molecule has 210 valence electrons. The maximum absolute atomic E-state index is 11.6. The first-order valence-electron chi connectivity index (χ1n) is 14.9. The van der Waals surface area contributed by atoms with E-state index in [4.69, 9.17) is 4.18 Å². The molecule has 0 spiro atoms. The van der Waals surface area contributed by atoms with Crippen LogP contribution in [0.2, 0.25) is 0 Å². The molecule has 0 amide bonds. The van der Waals surface area contributed by atoms with Crippen LogP contribution in [-0.4, -0.2) is 42.9 Å². The summed E-state index contributed by atoms with van der Waals surface area (Å²) >= 11 is 0. The number of hydrogen-bond acceptors (Lipinski definition) is 5. The van der Waals surface area contributed by atoms with Gasteiger partial charge in [-0.1, -0.05) is 41.5 Å². The van der Waals surface area contributed by atoms with Crippen LogP contribution in [0.1, 0.15) is 106 Å². The first-order chi connectivity index (χ1) is 16.8. The second-order valence-electron chi connectivity index (χ2n) is 13.9. The van der Waals surface area contributed by atoms with Crippen LogP contribution in [0.15, 0.2) is 0 Å². The molecule has 3 N–H and O–H groups in total. The van der Waals surface area contributed by atoms with Crippen molar-refractivity contribution < 1.29 is 22.3 Å². The van der Waals surface area contributed by atoms with E-state index in [1.165, 1.54) is 44.9 Å². The fraction of sp³-hybridized carbons (Fsp3) is 1.00. The van der Waals surface area contributed by atoms with Gasteiger partial charge in [0.1, 0.15) is 0 Å². The summed E-state index contributed by atoms with van der Waals surface area (Å²) in [5.74, 6) is 3.33. The first-order valence-corrected chi connectivity index (χ1v) is 16.2. The molecule has 0 aromatic rings. The van der Waals surface area contributed by atoms with E-state index >= 15 is 0 Å². The molecule has 0 saturated heterocycles. The van der Waals surface area contributed by atoms with Crippen LogP contribution < -0.4 is 5.32 Å². The molecule has 0 aliphatic heterocycles. The van der Waals surface area contributed by atoms with E-state index in [0.717, 1.165) is 19.4 Å². The van der Waals surface area contributed by atoms with E-state index in [1.54, 1.807) is 0 Å². The highest BCUT2D eigenvalue weighted by atomic mass is 32.3. The standard InChI is InChI=1S/C29H53NO5S/c1-7-30-21-12-14-28(5)20(16-21)17-25(31)27-23-10-9-22(29(23,6)15-13-24(27)28)19(4)8-11-26(18(2)3)35-36(32,33)34/h18-27,30-31H,7-17H2,1-6H3,(H,32,33,34)/t19?,20?,21?,22-,23?,24?,25?,26?,27?,28+,29-/m1/s1. The highest BCUT2D eigenvalue weighted by Crippen LogP contribution is 2.68. The molecule has 4 saturated carbocycles. The van der Waals surface area contributed by atoms with Crippen molar-refractivity contribution in [1.82, 2.24) is 5.32 Å². The lowest BCUT2D eigenvalue weighted by molar-refractivity contribution is -0.167. The Kier molecular flexibility index (Phi) is 8.60. The average Bonchev–Trinajstić information content (AvgIpc) is 3.14. The second kappa shape index (κ2) is 10.7. The molecule has 4 aliphatic carbocycles. The minimum atomic E-state index is -4.44. The lowest BCUT2D eigenvalue weighted by Crippen LogP contribution is -2.59. The zero-order chi connectivity index (χ0) is 26.5. The smallest absolute Gasteiger partial charge is 0.393 e. The van der Waals surface area contributed by atoms with Crippen molar-refractivity contribution in [1.29, 1.82) is 0 Å². The first kappa shape index (κ1) is 28.8. The number of nitrogens with one attached hydrogen (secondary N) is 1. The van der Waals surface area contributed by atoms with Gasteiger partial charge in [-0.3, -0.25) is 4.55 Å². The summed E-state index contributed by atoms with van der Waals surface area (Å²) in [6, 6.07) is 0.613. The van der Waals surface area contributed by atoms with Crippen LogP contribution in [-0.2, 0) is 14.6 Å². The largest absolute Gasteiger partial charge is 0.397 e. The number of aliphatic hydroxyl groups excluding tert-OH is 1. The van der Waals surface area contributed by atoms with Gasteiger partial charge in [-0.05, 0) is 123 Å². The van der Waals surface area contributed by atoms with Gasteiger partial charge in [0.2, 0.25) is 0 Å². The monoisotopic (exact) mass is 527 g/mol. The van der Waals surface area contributed by atoms with E-state index < -0.39 is 16.5 Å². The molecule has 7 heteroatoms. The van der Waals surface area contributed by atoms with Gasteiger partial charge < -0.3 is 10.4 Å². The summed E-state index contributed by atoms with van der Waals surface area (Å²) in [5, 5.41) is 15.3. The highest BCUT2D eigenvalue weighted by molar-refractivity contribution is 7.80. The molecule has 6 nitrogen and oxygen atoms in total. The number of hydrogen-bond donors (Lipinski definition) is 3. The molecule has 4 aliphatic rings. The number of aliphatic hydroxyl groups is 1. The van der Waals surface area contributed by atoms with E-state index in [9.17, 15) is 18.1 Å². The summed E-state index contributed by atoms with van der Waals surface area (Å²) in [5.41, 5.74) is 0.599. The van der Waals surface area contributed by atoms with Gasteiger partial charge in [0.25, 0.3) is 0 Å². The van der Waals surface area contributed by atoms with Gasteiger partial charge in [-0.2, -0.15) is 8.42 Å². The minimum Gasteiger partial charge on any atom is -0.393 e. The SMILES string of the molecule is CCNC1CC[C@@]2(C)C(C1)CC(O)C1C2CC[C@@]2(C)C1CC[C@@H]2C(C)CCC(OS(=O)(=O)O)C(C)C. The average molecular weight is 528 g/mol. The summed E-state index contributed by atoms with van der Waals surface area (Å²) < 4.78 is 36.9. The topological polar surface area (TPSA) is 95.9 Å². The van der Waals surface area contributed by atoms with Crippen LogP contribution >= 0.6 is 0 Å². The van der Waals surface area contributed by atoms with Gasteiger partial charge in [0.05, 0.1) is 12.2 Å². The van der Waals surface area contributed by atoms with E-state index in [-0.39, 0.29) is 17.4 Å². The Balaban J connectivity index is 1.45. The van der Waals surface area contributed by atoms with Crippen molar-refractivity contribution in [3.05, 3.63) is 0 Å². The molecule has 8 unspecified atom stereocenters. The zero-order valence-electron chi connectivity index (χ0n) is 23.6. The Bertz CT molecular complexity index is 864. The Morgan fingerprint density at radius 3 is 2.28 bits per heavy atom. The number of fused-ring (bicyclic) bond motifs is 5. The molecule has 0 aromatic heterocycles. The molecule has 0 aromatic carbocycles. The summed E-state index contributed by atoms with van der Waals surface area (Å²) in [6.07, 6.45) is 10.5. The Morgan fingerprint density at radius 1 is 0.972 bits per heavy atom. The molecular weight excluding hydrogens is 474 g/mol. The summed E-state index contributed by atoms with van der Waals surface area (Å²) in [7, 11) is -4.44. The van der Waals surface area contributed by atoms with E-state index in [0.29, 0.717) is 53.4 Å². The summed E-state index contributed by atoms with van der Waals surface area (Å²) in [6.45, 7) is 14.5. The third-order valence-corrected chi connectivity index (χ3v) is 12.3. The molecule has 36 heavy (non-hydrogen) atoms. The molecular formula is C29H53NO5S. The minimum absolute atomic E-state index is 0.0233. The lowest BCUT2D eigenvalue weighted by Gasteiger charge is -2.62. The molecule has 0 radical (unpaired) electrons. The predicted molar refractivity (Wildman–Crippen MR) is 144 cm³/mol. The van der Waals surface area contributed by atoms with Gasteiger partial charge >= 0.3 is 10.4 Å². The molecule has 0 heterocycles. The van der Waals surface area contributed by atoms with Crippen molar-refractivity contribution in [2.45, 2.75) is 124 Å². The van der Waals surface area contributed by atoms with Crippen LogP contribution in [0, 0.1) is 52.3 Å². The van der Waals surface area contributed by atoms with Crippen molar-refractivity contribution >= 4 is 10.4 Å². The van der Waals surface area contributed by atoms with Gasteiger partial charge in [-0.15, -0.1) is 0 Å². The molecule has 0 bridgehead atoms. The Hall–Kier alpha value is -0.210. The van der Waals surface area contributed by atoms with Gasteiger partial charge in [-0.25, -0.2) is 4.18 Å². The molecule has 4 rings (SSSR count). The predicted octanol–water partition coefficient (Wildman–Crippen LogP) is 5.85. The van der Waals surface area contributed by atoms with Crippen LogP contribution in [0.4, 0.5) is 0 Å². The maximum atomic E-state index is 11.6. The van der Waals surface area contributed by atoms with Crippen LogP contribution in [0.3, 0.4) is 0 Å². The van der Waals surface area contributed by atoms with Gasteiger partial charge in [0, 0.05) is 6.04 Å². The fourth-order valence-electron chi connectivity index (χ4n) is 9.95. The van der Waals surface area contributed by atoms with Crippen LogP contribution in [0.25, 0.3) is 0 Å². The van der Waals surface area contributed by atoms with Crippen molar-refractivity contribution in [2.75, 3.05) is 6.54 Å². The fourth-order valence-corrected chi connectivity index (χ4v) is 10.6. The Labute approximate surface area is 220 Å². The second-order valence-corrected chi connectivity index (χ2v) is 15.0. The Morgan fingerprint density at radius 2 is 1.64 bits per heavy atom. The van der Waals surface area contributed by atoms with E-state index in [2.05, 4.69) is 33.0 Å². The number of rotatable bonds is 9. The van der Waals surface area contributed by atoms with Crippen molar-refractivity contribution in [3.63, 3.8) is 0 Å². The van der Waals surface area contributed by atoms with Gasteiger partial charge in [0.15, 0.2) is 0 Å². The highest BCUT2D eigenvalue weighted by Gasteiger charge is 2.62. The summed E-state index contributed by atoms with van der Waals surface area (Å²) in [4.78, 5) is 0. The lowest BCUT2D eigenvalue weighted by atomic mass is 9.43. The molecule has 11 atom stereocenters. The third-order valence-electron chi connectivity index (χ3n) is 11.8. The van der Waals surface area contributed by atoms with E-state index in [1.807, 2.05) is 13.8 Å². The zero-order valence-corrected chi connectivity index (χ0v) is 24.4. The van der Waals surface area contributed by atoms with Crippen LogP contribution in [0.5, 0.6) is 0 Å². The van der Waals surface area contributed by atoms with Crippen molar-refractivity contribution in [3.8, 4) is 0 Å². The third kappa shape index (κ3) is 5.43.